The average Bonchev–Trinajstić information content (AvgIpc) is 2.80. The monoisotopic (exact) mass is 426 g/mol. The molecule has 0 atom stereocenters. The molecule has 0 spiro atoms. The van der Waals surface area contributed by atoms with E-state index in [-0.39, 0.29) is 11.5 Å². The third kappa shape index (κ3) is 5.55. The number of piperidine rings is 1. The van der Waals surface area contributed by atoms with Crippen LogP contribution in [0.5, 0.6) is 11.5 Å². The molecule has 1 fully saturated rings. The van der Waals surface area contributed by atoms with E-state index in [0.717, 1.165) is 25.6 Å². The van der Waals surface area contributed by atoms with Crippen molar-refractivity contribution in [1.29, 1.82) is 0 Å². The zero-order valence-corrected chi connectivity index (χ0v) is 18.6. The topological polar surface area (TPSA) is 77.1 Å². The summed E-state index contributed by atoms with van der Waals surface area (Å²) in [5.74, 6) is 0.668. The van der Waals surface area contributed by atoms with Crippen LogP contribution in [0, 0.1) is 5.92 Å². The molecular weight excluding hydrogens is 396 g/mol. The fraction of sp³-hybridized carbons (Fsp3) is 0.417. The van der Waals surface area contributed by atoms with E-state index in [0.29, 0.717) is 22.7 Å². The van der Waals surface area contributed by atoms with Gasteiger partial charge in [0.15, 0.2) is 11.5 Å². The number of hydrogen-bond donors (Lipinski definition) is 1. The third-order valence-corrected chi connectivity index (χ3v) is 5.68. The summed E-state index contributed by atoms with van der Waals surface area (Å²) in [6.45, 7) is 5.41. The van der Waals surface area contributed by atoms with Crippen molar-refractivity contribution >= 4 is 17.6 Å². The fourth-order valence-electron chi connectivity index (χ4n) is 3.70. The molecule has 1 amide bonds. The molecule has 7 nitrogen and oxygen atoms in total. The first-order valence-corrected chi connectivity index (χ1v) is 10.4. The maximum atomic E-state index is 12.8. The number of carbonyl (C=O) groups is 2. The van der Waals surface area contributed by atoms with Crippen molar-refractivity contribution in [3.8, 4) is 11.5 Å². The van der Waals surface area contributed by atoms with Gasteiger partial charge in [0.25, 0.3) is 5.91 Å². The molecule has 0 saturated carbocycles. The van der Waals surface area contributed by atoms with Crippen molar-refractivity contribution in [2.24, 2.45) is 5.92 Å². The van der Waals surface area contributed by atoms with Gasteiger partial charge in [-0.1, -0.05) is 19.1 Å². The summed E-state index contributed by atoms with van der Waals surface area (Å²) in [5, 5.41) is 2.79. The number of hydrogen-bond acceptors (Lipinski definition) is 6. The molecule has 1 aliphatic heterocycles. The van der Waals surface area contributed by atoms with E-state index in [2.05, 4.69) is 17.1 Å². The summed E-state index contributed by atoms with van der Waals surface area (Å²) < 4.78 is 15.4. The van der Waals surface area contributed by atoms with Gasteiger partial charge in [-0.05, 0) is 49.5 Å². The van der Waals surface area contributed by atoms with Crippen molar-refractivity contribution in [2.75, 3.05) is 39.7 Å². The lowest BCUT2D eigenvalue weighted by molar-refractivity contribution is 0.0601. The van der Waals surface area contributed by atoms with E-state index in [4.69, 9.17) is 14.2 Å². The first kappa shape index (κ1) is 22.6. The maximum Gasteiger partial charge on any atom is 0.340 e. The van der Waals surface area contributed by atoms with E-state index < -0.39 is 5.97 Å². The lowest BCUT2D eigenvalue weighted by atomic mass is 9.99. The van der Waals surface area contributed by atoms with E-state index >= 15 is 0 Å². The van der Waals surface area contributed by atoms with Gasteiger partial charge in [0.1, 0.15) is 0 Å². The number of carbonyl (C=O) groups excluding carboxylic acids is 2. The molecule has 0 radical (unpaired) electrons. The smallest absolute Gasteiger partial charge is 0.340 e. The Bertz CT molecular complexity index is 918. The van der Waals surface area contributed by atoms with Gasteiger partial charge in [0.05, 0.1) is 32.6 Å². The third-order valence-electron chi connectivity index (χ3n) is 5.68. The molecule has 31 heavy (non-hydrogen) atoms. The van der Waals surface area contributed by atoms with Crippen molar-refractivity contribution in [3.05, 3.63) is 53.1 Å². The number of methoxy groups -OCH3 is 3. The highest BCUT2D eigenvalue weighted by molar-refractivity contribution is 6.08. The molecule has 2 aromatic rings. The van der Waals surface area contributed by atoms with Crippen LogP contribution in [0.15, 0.2) is 36.4 Å². The second-order valence-electron chi connectivity index (χ2n) is 7.85. The molecular formula is C24H30N2O5. The lowest BCUT2D eigenvalue weighted by Crippen LogP contribution is -2.32. The van der Waals surface area contributed by atoms with Crippen LogP contribution < -0.4 is 14.8 Å². The Hall–Kier alpha value is -3.06. The van der Waals surface area contributed by atoms with Gasteiger partial charge >= 0.3 is 5.97 Å². The summed E-state index contributed by atoms with van der Waals surface area (Å²) in [6, 6.07) is 10.6. The highest BCUT2D eigenvalue weighted by Crippen LogP contribution is 2.34. The highest BCUT2D eigenvalue weighted by Gasteiger charge is 2.20. The maximum absolute atomic E-state index is 12.8. The summed E-state index contributed by atoms with van der Waals surface area (Å²) in [5.41, 5.74) is 2.15. The number of benzene rings is 2. The van der Waals surface area contributed by atoms with Gasteiger partial charge in [-0.25, -0.2) is 4.79 Å². The minimum atomic E-state index is -0.581. The number of nitrogens with one attached hydrogen (secondary N) is 1. The minimum absolute atomic E-state index is 0.185. The molecule has 0 unspecified atom stereocenters. The summed E-state index contributed by atoms with van der Waals surface area (Å²) in [4.78, 5) is 27.5. The van der Waals surface area contributed by atoms with E-state index in [1.54, 1.807) is 18.2 Å². The van der Waals surface area contributed by atoms with Gasteiger partial charge in [-0.3, -0.25) is 9.69 Å². The predicted molar refractivity (Wildman–Crippen MR) is 119 cm³/mol. The van der Waals surface area contributed by atoms with Gasteiger partial charge in [-0.15, -0.1) is 0 Å². The lowest BCUT2D eigenvalue weighted by Gasteiger charge is -2.30. The zero-order chi connectivity index (χ0) is 22.4. The Morgan fingerprint density at radius 2 is 1.61 bits per heavy atom. The number of amides is 1. The summed E-state index contributed by atoms with van der Waals surface area (Å²) >= 11 is 0. The molecule has 166 valence electrons. The Morgan fingerprint density at radius 1 is 1.00 bits per heavy atom. The van der Waals surface area contributed by atoms with Gasteiger partial charge in [0.2, 0.25) is 0 Å². The molecule has 1 aliphatic rings. The number of rotatable bonds is 7. The molecule has 1 heterocycles. The second-order valence-corrected chi connectivity index (χ2v) is 7.85. The number of likely N-dealkylation sites (tertiary alicyclic amines) is 1. The minimum Gasteiger partial charge on any atom is -0.493 e. The van der Waals surface area contributed by atoms with Crippen LogP contribution in [0.1, 0.15) is 46.0 Å². The fourth-order valence-corrected chi connectivity index (χ4v) is 3.70. The standard InChI is InChI=1S/C24H30N2O5/c1-16-9-11-26(12-10-16)15-17-5-7-18(8-6-17)23(27)25-20-14-22(30-3)21(29-2)13-19(20)24(28)31-4/h5-8,13-14,16H,9-12,15H2,1-4H3,(H,25,27). The zero-order valence-electron chi connectivity index (χ0n) is 18.6. The van der Waals surface area contributed by atoms with Crippen molar-refractivity contribution in [1.82, 2.24) is 4.90 Å². The summed E-state index contributed by atoms with van der Waals surface area (Å²) in [6.07, 6.45) is 2.46. The molecule has 7 heteroatoms. The van der Waals surface area contributed by atoms with Crippen molar-refractivity contribution in [3.63, 3.8) is 0 Å². The van der Waals surface area contributed by atoms with Crippen LogP contribution in [-0.4, -0.2) is 51.2 Å². The Kier molecular flexibility index (Phi) is 7.52. The van der Waals surface area contributed by atoms with Crippen LogP contribution in [-0.2, 0) is 11.3 Å². The molecule has 0 aliphatic carbocycles. The first-order chi connectivity index (χ1) is 14.9. The van der Waals surface area contributed by atoms with Gasteiger partial charge < -0.3 is 19.5 Å². The van der Waals surface area contributed by atoms with E-state index in [9.17, 15) is 9.59 Å². The van der Waals surface area contributed by atoms with Crippen molar-refractivity contribution in [2.45, 2.75) is 26.3 Å². The number of anilines is 1. The Morgan fingerprint density at radius 3 is 2.19 bits per heavy atom. The Balaban J connectivity index is 1.74. The van der Waals surface area contributed by atoms with Gasteiger partial charge in [-0.2, -0.15) is 0 Å². The van der Waals surface area contributed by atoms with Crippen molar-refractivity contribution < 1.29 is 23.8 Å². The highest BCUT2D eigenvalue weighted by atomic mass is 16.5. The van der Waals surface area contributed by atoms with Crippen LogP contribution in [0.3, 0.4) is 0 Å². The number of esters is 1. The molecule has 1 N–H and O–H groups in total. The first-order valence-electron chi connectivity index (χ1n) is 10.4. The van der Waals surface area contributed by atoms with Crippen LogP contribution in [0.25, 0.3) is 0 Å². The van der Waals surface area contributed by atoms with E-state index in [1.807, 2.05) is 12.1 Å². The number of nitrogens with zero attached hydrogens (tertiary/aromatic N) is 1. The molecule has 3 rings (SSSR count). The summed E-state index contributed by atoms with van der Waals surface area (Å²) in [7, 11) is 4.25. The molecule has 0 aromatic heterocycles. The largest absolute Gasteiger partial charge is 0.493 e. The molecule has 1 saturated heterocycles. The average molecular weight is 427 g/mol. The molecule has 0 bridgehead atoms. The SMILES string of the molecule is COC(=O)c1cc(OC)c(OC)cc1NC(=O)c1ccc(CN2CCC(C)CC2)cc1. The Labute approximate surface area is 183 Å². The van der Waals surface area contributed by atoms with Crippen LogP contribution in [0.4, 0.5) is 5.69 Å². The quantitative estimate of drug-likeness (QED) is 0.675. The second kappa shape index (κ2) is 10.3. The normalized spacial score (nSPS) is 14.7. The number of ether oxygens (including phenoxy) is 3. The van der Waals surface area contributed by atoms with Crippen LogP contribution in [0.2, 0.25) is 0 Å². The van der Waals surface area contributed by atoms with Gasteiger partial charge in [0, 0.05) is 24.2 Å². The molecule has 2 aromatic carbocycles. The van der Waals surface area contributed by atoms with Crippen LogP contribution >= 0.6 is 0 Å². The predicted octanol–water partition coefficient (Wildman–Crippen LogP) is 3.97. The van der Waals surface area contributed by atoms with E-state index in [1.165, 1.54) is 45.8 Å².